The minimum absolute atomic E-state index is 0.00684. The van der Waals surface area contributed by atoms with E-state index in [4.69, 9.17) is 17.3 Å². The summed E-state index contributed by atoms with van der Waals surface area (Å²) in [6.45, 7) is 0. The summed E-state index contributed by atoms with van der Waals surface area (Å²) in [6.07, 6.45) is -3.74. The van der Waals surface area contributed by atoms with Gasteiger partial charge in [-0.2, -0.15) is 18.3 Å². The quantitative estimate of drug-likeness (QED) is 0.367. The van der Waals surface area contributed by atoms with Crippen molar-refractivity contribution in [3.8, 4) is 11.1 Å². The van der Waals surface area contributed by atoms with Gasteiger partial charge >= 0.3 is 6.18 Å². The Morgan fingerprint density at radius 2 is 1.83 bits per heavy atom. The number of hydrogen-bond donors (Lipinski definition) is 2. The topological polar surface area (TPSA) is 90.0 Å². The number of hydrogen-bond acceptors (Lipinski definition) is 3. The van der Waals surface area contributed by atoms with E-state index in [-0.39, 0.29) is 38.9 Å². The molecule has 1 atom stereocenters. The highest BCUT2D eigenvalue weighted by Gasteiger charge is 2.41. The third-order valence-corrected chi connectivity index (χ3v) is 6.44. The zero-order valence-corrected chi connectivity index (χ0v) is 18.9. The Balaban J connectivity index is 1.98. The fraction of sp³-hybridized carbons (Fsp3) is 0.125. The van der Waals surface area contributed by atoms with Gasteiger partial charge in [-0.25, -0.2) is 8.78 Å². The van der Waals surface area contributed by atoms with E-state index in [1.165, 1.54) is 30.1 Å². The van der Waals surface area contributed by atoms with Crippen molar-refractivity contribution in [1.82, 2.24) is 15.1 Å². The zero-order chi connectivity index (χ0) is 26.1. The number of benzene rings is 3. The third kappa shape index (κ3) is 3.58. The molecule has 1 unspecified atom stereocenters. The summed E-state index contributed by atoms with van der Waals surface area (Å²) in [6, 6.07) is 4.33. The number of amides is 2. The van der Waals surface area contributed by atoms with E-state index in [2.05, 4.69) is 10.4 Å². The van der Waals surface area contributed by atoms with Crippen molar-refractivity contribution in [3.63, 3.8) is 0 Å². The van der Waals surface area contributed by atoms with Gasteiger partial charge in [0, 0.05) is 34.1 Å². The molecule has 1 aromatic heterocycles. The number of fused-ring (bicyclic) bond motifs is 3. The maximum Gasteiger partial charge on any atom is 0.417 e. The molecule has 4 aromatic rings. The van der Waals surface area contributed by atoms with Gasteiger partial charge in [-0.1, -0.05) is 11.6 Å². The largest absolute Gasteiger partial charge is 0.417 e. The van der Waals surface area contributed by atoms with E-state index in [9.17, 15) is 31.5 Å². The fourth-order valence-electron chi connectivity index (χ4n) is 4.62. The first-order chi connectivity index (χ1) is 16.9. The Morgan fingerprint density at radius 1 is 1.11 bits per heavy atom. The molecule has 1 aliphatic heterocycles. The first-order valence-corrected chi connectivity index (χ1v) is 10.7. The van der Waals surface area contributed by atoms with E-state index in [1.54, 1.807) is 0 Å². The molecule has 0 saturated carbocycles. The highest BCUT2D eigenvalue weighted by atomic mass is 35.5. The van der Waals surface area contributed by atoms with Gasteiger partial charge < -0.3 is 11.1 Å². The van der Waals surface area contributed by atoms with Gasteiger partial charge in [0.2, 0.25) is 5.91 Å². The summed E-state index contributed by atoms with van der Waals surface area (Å²) >= 11 is 6.28. The Labute approximate surface area is 204 Å². The number of aryl methyl sites for hydroxylation is 1. The number of rotatable bonds is 3. The number of aromatic nitrogens is 2. The summed E-state index contributed by atoms with van der Waals surface area (Å²) in [7, 11) is 1.51. The van der Waals surface area contributed by atoms with Crippen LogP contribution in [0.4, 0.5) is 22.0 Å². The van der Waals surface area contributed by atoms with Crippen molar-refractivity contribution in [3.05, 3.63) is 87.1 Å². The molecule has 6 nitrogen and oxygen atoms in total. The lowest BCUT2D eigenvalue weighted by molar-refractivity contribution is -0.137. The van der Waals surface area contributed by atoms with Crippen molar-refractivity contribution >= 4 is 34.3 Å². The fourth-order valence-corrected chi connectivity index (χ4v) is 4.84. The van der Waals surface area contributed by atoms with Crippen molar-refractivity contribution in [2.45, 2.75) is 12.2 Å². The molecule has 3 N–H and O–H groups in total. The first kappa shape index (κ1) is 23.7. The Hall–Kier alpha value is -3.99. The van der Waals surface area contributed by atoms with Crippen LogP contribution in [-0.2, 0) is 13.2 Å². The summed E-state index contributed by atoms with van der Waals surface area (Å²) in [5, 5.41) is 7.07. The van der Waals surface area contributed by atoms with Gasteiger partial charge in [-0.05, 0) is 42.0 Å². The first-order valence-electron chi connectivity index (χ1n) is 10.3. The summed E-state index contributed by atoms with van der Waals surface area (Å²) < 4.78 is 72.2. The Bertz CT molecular complexity index is 1610. The van der Waals surface area contributed by atoms with Gasteiger partial charge in [-0.15, -0.1) is 0 Å². The Morgan fingerprint density at radius 3 is 2.50 bits per heavy atom. The molecule has 2 heterocycles. The second-order valence-electron chi connectivity index (χ2n) is 8.22. The van der Waals surface area contributed by atoms with E-state index in [0.29, 0.717) is 11.5 Å². The number of nitrogens with zero attached hydrogens (tertiary/aromatic N) is 2. The predicted molar refractivity (Wildman–Crippen MR) is 120 cm³/mol. The number of carbonyl (C=O) groups is 2. The molecular formula is C24H14ClF5N4O2. The van der Waals surface area contributed by atoms with Crippen LogP contribution in [0.5, 0.6) is 0 Å². The van der Waals surface area contributed by atoms with Crippen LogP contribution in [0, 0.1) is 11.6 Å². The minimum atomic E-state index is -5.10. The molecule has 0 bridgehead atoms. The molecule has 184 valence electrons. The lowest BCUT2D eigenvalue weighted by Gasteiger charge is -2.22. The molecule has 0 radical (unpaired) electrons. The number of halogens is 6. The van der Waals surface area contributed by atoms with Crippen LogP contribution >= 0.6 is 11.6 Å². The number of carbonyl (C=O) groups excluding carboxylic acids is 2. The minimum Gasteiger partial charge on any atom is -0.366 e. The van der Waals surface area contributed by atoms with Crippen LogP contribution in [0.1, 0.15) is 43.4 Å². The van der Waals surface area contributed by atoms with Crippen molar-refractivity contribution in [2.75, 3.05) is 0 Å². The molecular weight excluding hydrogens is 507 g/mol. The molecule has 36 heavy (non-hydrogen) atoms. The van der Waals surface area contributed by atoms with Crippen LogP contribution in [0.2, 0.25) is 5.02 Å². The van der Waals surface area contributed by atoms with Gasteiger partial charge in [0.25, 0.3) is 5.91 Å². The molecule has 0 spiro atoms. The van der Waals surface area contributed by atoms with E-state index >= 15 is 0 Å². The van der Waals surface area contributed by atoms with Gasteiger partial charge in [0.1, 0.15) is 11.6 Å². The number of nitrogens with one attached hydrogen (secondary N) is 1. The van der Waals surface area contributed by atoms with Crippen molar-refractivity contribution in [2.24, 2.45) is 12.8 Å². The maximum atomic E-state index is 14.2. The smallest absolute Gasteiger partial charge is 0.366 e. The van der Waals surface area contributed by atoms with Crippen LogP contribution in [0.15, 0.2) is 42.6 Å². The highest BCUT2D eigenvalue weighted by Crippen LogP contribution is 2.48. The van der Waals surface area contributed by atoms with Gasteiger partial charge in [-0.3, -0.25) is 14.3 Å². The second kappa shape index (κ2) is 8.02. The normalized spacial score (nSPS) is 15.3. The SMILES string of the molecule is Cn1ncc2c3c(c(-c4c(C(N)=O)cc(F)cc4C(F)(F)F)cc21)C(c1cc(F)ccc1Cl)NC3=O. The van der Waals surface area contributed by atoms with E-state index < -0.39 is 52.4 Å². The monoisotopic (exact) mass is 520 g/mol. The Kier molecular flexibility index (Phi) is 5.29. The summed E-state index contributed by atoms with van der Waals surface area (Å²) in [5.74, 6) is -4.01. The van der Waals surface area contributed by atoms with Gasteiger partial charge in [0.05, 0.1) is 34.4 Å². The number of nitrogens with two attached hydrogens (primary N) is 1. The van der Waals surface area contributed by atoms with Gasteiger partial charge in [0.15, 0.2) is 0 Å². The van der Waals surface area contributed by atoms with Crippen molar-refractivity contribution < 1.29 is 31.5 Å². The van der Waals surface area contributed by atoms with Crippen LogP contribution in [-0.4, -0.2) is 21.6 Å². The standard InChI is InChI=1S/C24H14ClF5N4O2/c1-34-17-7-12(18-13(22(31)35)5-10(27)6-15(18)24(28,29)30)19-20(14(17)8-32-34)23(36)33-21(19)11-4-9(26)2-3-16(11)25/h2-8,21H,1H3,(H2,31,35)(H,33,36). The molecule has 5 rings (SSSR count). The van der Waals surface area contributed by atoms with Crippen molar-refractivity contribution in [1.29, 1.82) is 0 Å². The maximum absolute atomic E-state index is 14.2. The molecule has 0 saturated heterocycles. The molecule has 0 aliphatic carbocycles. The van der Waals surface area contributed by atoms with Crippen LogP contribution < -0.4 is 11.1 Å². The van der Waals surface area contributed by atoms with Crippen LogP contribution in [0.25, 0.3) is 22.0 Å². The average molecular weight is 521 g/mol. The lowest BCUT2D eigenvalue weighted by Crippen LogP contribution is -2.21. The summed E-state index contributed by atoms with van der Waals surface area (Å²) in [5.41, 5.74) is 2.51. The lowest BCUT2D eigenvalue weighted by atomic mass is 9.84. The summed E-state index contributed by atoms with van der Waals surface area (Å²) in [4.78, 5) is 25.4. The average Bonchev–Trinajstić information content (AvgIpc) is 3.33. The van der Waals surface area contributed by atoms with E-state index in [0.717, 1.165) is 12.1 Å². The highest BCUT2D eigenvalue weighted by molar-refractivity contribution is 6.31. The number of alkyl halides is 3. The molecule has 12 heteroatoms. The third-order valence-electron chi connectivity index (χ3n) is 6.10. The zero-order valence-electron chi connectivity index (χ0n) is 18.2. The predicted octanol–water partition coefficient (Wildman–Crippen LogP) is 5.12. The van der Waals surface area contributed by atoms with Crippen LogP contribution in [0.3, 0.4) is 0 Å². The molecule has 0 fully saturated rings. The molecule has 1 aliphatic rings. The van der Waals surface area contributed by atoms with E-state index in [1.807, 2.05) is 0 Å². The second-order valence-corrected chi connectivity index (χ2v) is 8.63. The molecule has 2 amide bonds. The molecule has 3 aromatic carbocycles. The number of primary amides is 1.